The number of aryl methyl sites for hydroxylation is 2. The lowest BCUT2D eigenvalue weighted by molar-refractivity contribution is 0.338. The Morgan fingerprint density at radius 3 is 2.50 bits per heavy atom. The summed E-state index contributed by atoms with van der Waals surface area (Å²) in [5.74, 6) is 1.01. The van der Waals surface area contributed by atoms with Crippen molar-refractivity contribution in [2.45, 2.75) is 27.2 Å². The van der Waals surface area contributed by atoms with Crippen LogP contribution in [0.2, 0.25) is 0 Å². The molecule has 0 spiro atoms. The first-order valence-corrected chi connectivity index (χ1v) is 4.50. The maximum absolute atomic E-state index is 5.44. The molecule has 0 amide bonds. The summed E-state index contributed by atoms with van der Waals surface area (Å²) in [5, 5.41) is 0. The van der Waals surface area contributed by atoms with Gasteiger partial charge in [-0.25, -0.2) is 0 Å². The zero-order valence-electron chi connectivity index (χ0n) is 8.05. The number of ether oxygens (including phenoxy) is 1. The molecule has 1 aromatic carbocycles. The molecule has 0 bridgehead atoms. The highest BCUT2D eigenvalue weighted by Crippen LogP contribution is 2.18. The van der Waals surface area contributed by atoms with E-state index in [0.29, 0.717) is 0 Å². The maximum Gasteiger partial charge on any atom is 0.122 e. The molecule has 0 aliphatic carbocycles. The minimum Gasteiger partial charge on any atom is -0.494 e. The van der Waals surface area contributed by atoms with Gasteiger partial charge in [-0.1, -0.05) is 19.1 Å². The highest BCUT2D eigenvalue weighted by atomic mass is 16.5. The van der Waals surface area contributed by atoms with Gasteiger partial charge >= 0.3 is 0 Å². The van der Waals surface area contributed by atoms with Gasteiger partial charge in [0, 0.05) is 0 Å². The van der Waals surface area contributed by atoms with Crippen LogP contribution in [-0.4, -0.2) is 6.61 Å². The van der Waals surface area contributed by atoms with E-state index in [1.54, 1.807) is 0 Å². The quantitative estimate of drug-likeness (QED) is 0.667. The number of hydrogen-bond donors (Lipinski definition) is 0. The normalized spacial score (nSPS) is 9.92. The fourth-order valence-electron chi connectivity index (χ4n) is 1.25. The van der Waals surface area contributed by atoms with Crippen molar-refractivity contribution in [1.82, 2.24) is 0 Å². The summed E-state index contributed by atoms with van der Waals surface area (Å²) in [6, 6.07) is 6.36. The Hall–Kier alpha value is -0.980. The first-order chi connectivity index (χ1) is 5.77. The van der Waals surface area contributed by atoms with Crippen LogP contribution in [0.25, 0.3) is 0 Å². The second kappa shape index (κ2) is 4.15. The third-order valence-corrected chi connectivity index (χ3v) is 1.95. The van der Waals surface area contributed by atoms with E-state index >= 15 is 0 Å². The second-order valence-corrected chi connectivity index (χ2v) is 2.89. The molecule has 1 nitrogen and oxygen atoms in total. The molecule has 0 fully saturated rings. The minimum atomic E-state index is 0.742. The van der Waals surface area contributed by atoms with E-state index in [1.807, 2.05) is 6.92 Å². The van der Waals surface area contributed by atoms with E-state index in [0.717, 1.165) is 18.8 Å². The Kier molecular flexibility index (Phi) is 3.15. The molecule has 0 aliphatic rings. The summed E-state index contributed by atoms with van der Waals surface area (Å²) in [6.07, 6.45) is 1.09. The average Bonchev–Trinajstić information content (AvgIpc) is 2.09. The van der Waals surface area contributed by atoms with Gasteiger partial charge in [0.05, 0.1) is 6.61 Å². The highest BCUT2D eigenvalue weighted by Gasteiger charge is 1.98. The summed E-state index contributed by atoms with van der Waals surface area (Å²) in [4.78, 5) is 0. The molecule has 1 heteroatoms. The van der Waals surface area contributed by atoms with Crippen molar-refractivity contribution in [2.75, 3.05) is 6.61 Å². The van der Waals surface area contributed by atoms with Gasteiger partial charge in [0.2, 0.25) is 0 Å². The predicted molar refractivity (Wildman–Crippen MR) is 51.7 cm³/mol. The number of rotatable bonds is 3. The Morgan fingerprint density at radius 1 is 1.25 bits per heavy atom. The first kappa shape index (κ1) is 9.11. The molecule has 1 rings (SSSR count). The van der Waals surface area contributed by atoms with Crippen LogP contribution in [0.4, 0.5) is 0 Å². The van der Waals surface area contributed by atoms with E-state index in [4.69, 9.17) is 4.74 Å². The highest BCUT2D eigenvalue weighted by molar-refractivity contribution is 5.36. The van der Waals surface area contributed by atoms with Gasteiger partial charge in [0.15, 0.2) is 0 Å². The Morgan fingerprint density at radius 2 is 2.00 bits per heavy atom. The lowest BCUT2D eigenvalue weighted by atomic mass is 10.1. The van der Waals surface area contributed by atoms with Crippen molar-refractivity contribution >= 4 is 0 Å². The van der Waals surface area contributed by atoms with Crippen LogP contribution in [0.5, 0.6) is 5.75 Å². The van der Waals surface area contributed by atoms with Crippen molar-refractivity contribution in [3.05, 3.63) is 29.3 Å². The largest absolute Gasteiger partial charge is 0.494 e. The fraction of sp³-hybridized carbons (Fsp3) is 0.455. The molecule has 0 aromatic heterocycles. The second-order valence-electron chi connectivity index (χ2n) is 2.89. The van der Waals surface area contributed by atoms with Crippen molar-refractivity contribution in [1.29, 1.82) is 0 Å². The third kappa shape index (κ3) is 2.00. The lowest BCUT2D eigenvalue weighted by Crippen LogP contribution is -1.94. The molecule has 1 aromatic rings. The molecular weight excluding hydrogens is 148 g/mol. The average molecular weight is 164 g/mol. The van der Waals surface area contributed by atoms with Crippen LogP contribution < -0.4 is 4.74 Å². The molecule has 0 atom stereocenters. The van der Waals surface area contributed by atoms with Crippen LogP contribution in [0.1, 0.15) is 25.0 Å². The molecule has 0 N–H and O–H groups in total. The standard InChI is InChI=1S/C11H16O/c1-4-10-6-7-11(12-5-2)9(3)8-10/h6-8H,4-5H2,1-3H3. The fourth-order valence-corrected chi connectivity index (χ4v) is 1.25. The van der Waals surface area contributed by atoms with Crippen LogP contribution in [0.15, 0.2) is 18.2 Å². The van der Waals surface area contributed by atoms with Gasteiger partial charge in [-0.3, -0.25) is 0 Å². The van der Waals surface area contributed by atoms with E-state index in [-0.39, 0.29) is 0 Å². The molecule has 0 saturated carbocycles. The third-order valence-electron chi connectivity index (χ3n) is 1.95. The summed E-state index contributed by atoms with van der Waals surface area (Å²) in [7, 11) is 0. The molecule has 0 radical (unpaired) electrons. The molecule has 0 unspecified atom stereocenters. The lowest BCUT2D eigenvalue weighted by Gasteiger charge is -2.07. The van der Waals surface area contributed by atoms with Gasteiger partial charge in [0.1, 0.15) is 5.75 Å². The molecule has 0 saturated heterocycles. The van der Waals surface area contributed by atoms with Gasteiger partial charge in [0.25, 0.3) is 0 Å². The number of benzene rings is 1. The van der Waals surface area contributed by atoms with Gasteiger partial charge in [-0.15, -0.1) is 0 Å². The van der Waals surface area contributed by atoms with Crippen molar-refractivity contribution in [2.24, 2.45) is 0 Å². The zero-order chi connectivity index (χ0) is 8.97. The van der Waals surface area contributed by atoms with Crippen molar-refractivity contribution < 1.29 is 4.74 Å². The van der Waals surface area contributed by atoms with Gasteiger partial charge < -0.3 is 4.74 Å². The van der Waals surface area contributed by atoms with E-state index < -0.39 is 0 Å². The van der Waals surface area contributed by atoms with Crippen molar-refractivity contribution in [3.63, 3.8) is 0 Å². The predicted octanol–water partition coefficient (Wildman–Crippen LogP) is 2.96. The molecule has 12 heavy (non-hydrogen) atoms. The number of hydrogen-bond acceptors (Lipinski definition) is 1. The molecule has 66 valence electrons. The van der Waals surface area contributed by atoms with Gasteiger partial charge in [-0.05, 0) is 37.5 Å². The first-order valence-electron chi connectivity index (χ1n) is 4.50. The summed E-state index contributed by atoms with van der Waals surface area (Å²) in [5.41, 5.74) is 2.60. The van der Waals surface area contributed by atoms with Gasteiger partial charge in [-0.2, -0.15) is 0 Å². The van der Waals surface area contributed by atoms with E-state index in [1.165, 1.54) is 11.1 Å². The SMILES string of the molecule is CCOc1ccc(CC)cc1C. The van der Waals surface area contributed by atoms with Crippen LogP contribution in [-0.2, 0) is 6.42 Å². The van der Waals surface area contributed by atoms with Crippen LogP contribution in [0.3, 0.4) is 0 Å². The summed E-state index contributed by atoms with van der Waals surface area (Å²) < 4.78 is 5.44. The summed E-state index contributed by atoms with van der Waals surface area (Å²) >= 11 is 0. The van der Waals surface area contributed by atoms with Crippen molar-refractivity contribution in [3.8, 4) is 5.75 Å². The zero-order valence-corrected chi connectivity index (χ0v) is 8.05. The van der Waals surface area contributed by atoms with E-state index in [2.05, 4.69) is 32.0 Å². The Bertz CT molecular complexity index is 253. The minimum absolute atomic E-state index is 0.742. The summed E-state index contributed by atoms with van der Waals surface area (Å²) in [6.45, 7) is 7.00. The molecule has 0 aliphatic heterocycles. The Balaban J connectivity index is 2.87. The van der Waals surface area contributed by atoms with E-state index in [9.17, 15) is 0 Å². The van der Waals surface area contributed by atoms with Crippen LogP contribution in [0, 0.1) is 6.92 Å². The maximum atomic E-state index is 5.44. The molecule has 0 heterocycles. The monoisotopic (exact) mass is 164 g/mol. The Labute approximate surface area is 74.4 Å². The van der Waals surface area contributed by atoms with Crippen LogP contribution >= 0.6 is 0 Å². The molecular formula is C11H16O. The smallest absolute Gasteiger partial charge is 0.122 e. The topological polar surface area (TPSA) is 9.23 Å².